The Bertz CT molecular complexity index is 977. The Morgan fingerprint density at radius 3 is 2.64 bits per heavy atom. The molecule has 4 nitrogen and oxygen atoms in total. The molecule has 126 valence electrons. The third kappa shape index (κ3) is 3.36. The molecule has 0 aliphatic rings. The summed E-state index contributed by atoms with van der Waals surface area (Å²) in [7, 11) is 3.64. The molecule has 25 heavy (non-hydrogen) atoms. The maximum Gasteiger partial charge on any atom is 0.123 e. The molecule has 0 radical (unpaired) electrons. The molecule has 4 heteroatoms. The second kappa shape index (κ2) is 7.14. The van der Waals surface area contributed by atoms with Gasteiger partial charge in [-0.1, -0.05) is 12.1 Å². The number of hydrogen-bond acceptors (Lipinski definition) is 3. The maximum absolute atomic E-state index is 9.29. The lowest BCUT2D eigenvalue weighted by molar-refractivity contribution is 0.336. The van der Waals surface area contributed by atoms with E-state index in [-0.39, 0.29) is 0 Å². The molecule has 0 atom stereocenters. The normalized spacial score (nSPS) is 11.4. The quantitative estimate of drug-likeness (QED) is 0.644. The second-order valence-corrected chi connectivity index (χ2v) is 5.72. The van der Waals surface area contributed by atoms with Crippen LogP contribution in [0.3, 0.4) is 0 Å². The highest BCUT2D eigenvalue weighted by molar-refractivity contribution is 5.89. The molecule has 1 heterocycles. The zero-order valence-corrected chi connectivity index (χ0v) is 14.6. The number of ether oxygens (including phenoxy) is 2. The van der Waals surface area contributed by atoms with Crippen molar-refractivity contribution in [1.29, 1.82) is 5.26 Å². The number of hydrogen-bond donors (Lipinski definition) is 0. The topological polar surface area (TPSA) is 47.2 Å². The number of benzene rings is 2. The van der Waals surface area contributed by atoms with Crippen molar-refractivity contribution < 1.29 is 9.47 Å². The van der Waals surface area contributed by atoms with E-state index in [4.69, 9.17) is 9.47 Å². The van der Waals surface area contributed by atoms with Crippen LogP contribution in [0.25, 0.3) is 16.5 Å². The zero-order chi connectivity index (χ0) is 17.8. The number of aryl methyl sites for hydroxylation is 1. The third-order valence-corrected chi connectivity index (χ3v) is 4.15. The van der Waals surface area contributed by atoms with Crippen LogP contribution in [-0.4, -0.2) is 18.3 Å². The first-order valence-electron chi connectivity index (χ1n) is 8.13. The Labute approximate surface area is 147 Å². The van der Waals surface area contributed by atoms with Gasteiger partial charge in [0.05, 0.1) is 19.8 Å². The van der Waals surface area contributed by atoms with E-state index in [9.17, 15) is 5.26 Å². The van der Waals surface area contributed by atoms with Gasteiger partial charge in [-0.25, -0.2) is 0 Å². The maximum atomic E-state index is 9.29. The lowest BCUT2D eigenvalue weighted by Crippen LogP contribution is -1.96. The Morgan fingerprint density at radius 2 is 1.92 bits per heavy atom. The van der Waals surface area contributed by atoms with E-state index in [2.05, 4.69) is 28.8 Å². The predicted octanol–water partition coefficient (Wildman–Crippen LogP) is 4.54. The van der Waals surface area contributed by atoms with Crippen molar-refractivity contribution in [3.05, 3.63) is 65.9 Å². The van der Waals surface area contributed by atoms with Crippen LogP contribution >= 0.6 is 0 Å². The van der Waals surface area contributed by atoms with Gasteiger partial charge in [0.25, 0.3) is 0 Å². The molecule has 0 N–H and O–H groups in total. The Balaban J connectivity index is 2.15. The van der Waals surface area contributed by atoms with Gasteiger partial charge in [-0.2, -0.15) is 5.26 Å². The lowest BCUT2D eigenvalue weighted by atomic mass is 9.96. The summed E-state index contributed by atoms with van der Waals surface area (Å²) in [4.78, 5) is 0. The molecule has 1 aromatic heterocycles. The van der Waals surface area contributed by atoms with Crippen LogP contribution < -0.4 is 9.47 Å². The highest BCUT2D eigenvalue weighted by Crippen LogP contribution is 2.32. The van der Waals surface area contributed by atoms with Gasteiger partial charge >= 0.3 is 0 Å². The van der Waals surface area contributed by atoms with E-state index < -0.39 is 0 Å². The highest BCUT2D eigenvalue weighted by atomic mass is 16.5. The molecule has 0 saturated carbocycles. The molecule has 0 bridgehead atoms. The summed E-state index contributed by atoms with van der Waals surface area (Å²) >= 11 is 0. The average Bonchev–Trinajstić information content (AvgIpc) is 3.00. The summed E-state index contributed by atoms with van der Waals surface area (Å²) in [6.07, 6.45) is 3.59. The van der Waals surface area contributed by atoms with Gasteiger partial charge in [0.15, 0.2) is 0 Å². The van der Waals surface area contributed by atoms with Gasteiger partial charge in [-0.3, -0.25) is 0 Å². The first-order valence-corrected chi connectivity index (χ1v) is 8.13. The van der Waals surface area contributed by atoms with Crippen molar-refractivity contribution >= 4 is 16.5 Å². The van der Waals surface area contributed by atoms with E-state index in [0.717, 1.165) is 28.0 Å². The molecule has 3 rings (SSSR count). The summed E-state index contributed by atoms with van der Waals surface area (Å²) in [6.45, 7) is 2.51. The molecule has 0 aliphatic carbocycles. The van der Waals surface area contributed by atoms with Gasteiger partial charge in [-0.15, -0.1) is 0 Å². The van der Waals surface area contributed by atoms with Gasteiger partial charge in [-0.05, 0) is 53.3 Å². The van der Waals surface area contributed by atoms with Crippen molar-refractivity contribution in [1.82, 2.24) is 4.57 Å². The summed E-state index contributed by atoms with van der Waals surface area (Å²) in [6, 6.07) is 16.1. The minimum atomic E-state index is 0.569. The van der Waals surface area contributed by atoms with Crippen LogP contribution in [0.4, 0.5) is 0 Å². The number of nitriles is 1. The van der Waals surface area contributed by atoms with Crippen molar-refractivity contribution in [2.45, 2.75) is 6.92 Å². The van der Waals surface area contributed by atoms with Crippen molar-refractivity contribution in [2.75, 3.05) is 13.7 Å². The average molecular weight is 332 g/mol. The number of methoxy groups -OCH3 is 1. The third-order valence-electron chi connectivity index (χ3n) is 4.15. The van der Waals surface area contributed by atoms with Crippen LogP contribution in [0.5, 0.6) is 11.5 Å². The summed E-state index contributed by atoms with van der Waals surface area (Å²) in [5, 5.41) is 10.5. The van der Waals surface area contributed by atoms with Gasteiger partial charge in [0.2, 0.25) is 0 Å². The number of rotatable bonds is 5. The fraction of sp³-hybridized carbons (Fsp3) is 0.190. The smallest absolute Gasteiger partial charge is 0.123 e. The van der Waals surface area contributed by atoms with E-state index in [1.54, 1.807) is 13.2 Å². The number of nitrogens with zero attached hydrogens (tertiary/aromatic N) is 2. The highest BCUT2D eigenvalue weighted by Gasteiger charge is 2.11. The lowest BCUT2D eigenvalue weighted by Gasteiger charge is -2.13. The molecule has 3 aromatic rings. The van der Waals surface area contributed by atoms with Crippen LogP contribution in [-0.2, 0) is 7.05 Å². The summed E-state index contributed by atoms with van der Waals surface area (Å²) in [5.41, 5.74) is 3.82. The SMILES string of the molecule is CCOc1cc(OC)cc(/C(=C/C#N)c2ccc3ccn(C)c3c2)c1. The first kappa shape index (κ1) is 16.7. The number of aromatic nitrogens is 1. The molecule has 0 fully saturated rings. The molecule has 2 aromatic carbocycles. The largest absolute Gasteiger partial charge is 0.497 e. The predicted molar refractivity (Wildman–Crippen MR) is 99.8 cm³/mol. The number of fused-ring (bicyclic) bond motifs is 1. The Hall–Kier alpha value is -3.19. The van der Waals surface area contributed by atoms with Crippen molar-refractivity contribution in [2.24, 2.45) is 7.05 Å². The Kier molecular flexibility index (Phi) is 4.76. The van der Waals surface area contributed by atoms with Gasteiger partial charge in [0.1, 0.15) is 11.5 Å². The van der Waals surface area contributed by atoms with Gasteiger partial charge in [0, 0.05) is 30.9 Å². The van der Waals surface area contributed by atoms with Crippen molar-refractivity contribution in [3.63, 3.8) is 0 Å². The van der Waals surface area contributed by atoms with E-state index in [0.29, 0.717) is 12.4 Å². The summed E-state index contributed by atoms with van der Waals surface area (Å²) in [5.74, 6) is 1.42. The number of allylic oxidation sites excluding steroid dienone is 1. The second-order valence-electron chi connectivity index (χ2n) is 5.72. The molecular weight excluding hydrogens is 312 g/mol. The molecule has 0 aliphatic heterocycles. The summed E-state index contributed by atoms with van der Waals surface area (Å²) < 4.78 is 13.1. The minimum absolute atomic E-state index is 0.569. The Morgan fingerprint density at radius 1 is 1.12 bits per heavy atom. The van der Waals surface area contributed by atoms with E-state index in [1.165, 1.54) is 5.39 Å². The first-order chi connectivity index (χ1) is 12.2. The standard InChI is InChI=1S/C21H20N2O2/c1-4-25-19-12-17(11-18(14-19)24-3)20(7-9-22)16-6-5-15-8-10-23(2)21(15)13-16/h5-8,10-14H,4H2,1-3H3/b20-7+. The monoisotopic (exact) mass is 332 g/mol. The molecule has 0 unspecified atom stereocenters. The molecule has 0 saturated heterocycles. The van der Waals surface area contributed by atoms with Gasteiger partial charge < -0.3 is 14.0 Å². The van der Waals surface area contributed by atoms with Crippen molar-refractivity contribution in [3.8, 4) is 17.6 Å². The molecule has 0 spiro atoms. The minimum Gasteiger partial charge on any atom is -0.497 e. The zero-order valence-electron chi connectivity index (χ0n) is 14.6. The van der Waals surface area contributed by atoms with Crippen LogP contribution in [0.2, 0.25) is 0 Å². The van der Waals surface area contributed by atoms with E-state index >= 15 is 0 Å². The van der Waals surface area contributed by atoms with Crippen LogP contribution in [0.15, 0.2) is 54.7 Å². The fourth-order valence-corrected chi connectivity index (χ4v) is 2.92. The van der Waals surface area contributed by atoms with Crippen LogP contribution in [0.1, 0.15) is 18.1 Å². The van der Waals surface area contributed by atoms with Crippen LogP contribution in [0, 0.1) is 11.3 Å². The fourth-order valence-electron chi connectivity index (χ4n) is 2.92. The molecule has 0 amide bonds. The molecular formula is C21H20N2O2. The van der Waals surface area contributed by atoms with E-state index in [1.807, 2.05) is 44.4 Å².